The van der Waals surface area contributed by atoms with Crippen LogP contribution >= 0.6 is 12.2 Å². The number of hydrogen-bond acceptors (Lipinski definition) is 4. The summed E-state index contributed by atoms with van der Waals surface area (Å²) >= 11 is 4.84. The van der Waals surface area contributed by atoms with Crippen LogP contribution in [-0.2, 0) is 4.74 Å². The first kappa shape index (κ1) is 11.9. The van der Waals surface area contributed by atoms with Gasteiger partial charge in [-0.1, -0.05) is 18.3 Å². The second-order valence-electron chi connectivity index (χ2n) is 2.90. The van der Waals surface area contributed by atoms with Gasteiger partial charge >= 0.3 is 0 Å². The van der Waals surface area contributed by atoms with Crippen molar-refractivity contribution in [2.45, 2.75) is 6.92 Å². The van der Waals surface area contributed by atoms with Crippen LogP contribution in [0.25, 0.3) is 0 Å². The zero-order valence-electron chi connectivity index (χ0n) is 8.69. The van der Waals surface area contributed by atoms with Gasteiger partial charge in [0, 0.05) is 13.2 Å². The van der Waals surface area contributed by atoms with Gasteiger partial charge in [0.05, 0.1) is 12.3 Å². The van der Waals surface area contributed by atoms with Crippen LogP contribution in [-0.4, -0.2) is 29.7 Å². The van der Waals surface area contributed by atoms with E-state index in [9.17, 15) is 0 Å². The molecule has 1 aromatic rings. The summed E-state index contributed by atoms with van der Waals surface area (Å²) in [5.74, 6) is 0.764. The van der Waals surface area contributed by atoms with E-state index in [1.54, 1.807) is 6.07 Å². The van der Waals surface area contributed by atoms with Crippen molar-refractivity contribution < 1.29 is 4.74 Å². The summed E-state index contributed by atoms with van der Waals surface area (Å²) < 4.78 is 5.19. The second-order valence-corrected chi connectivity index (χ2v) is 3.34. The zero-order chi connectivity index (χ0) is 11.1. The largest absolute Gasteiger partial charge is 0.388 e. The molecule has 0 saturated heterocycles. The molecule has 0 spiro atoms. The molecule has 0 aliphatic rings. The van der Waals surface area contributed by atoms with Crippen LogP contribution in [0.1, 0.15) is 12.6 Å². The van der Waals surface area contributed by atoms with Gasteiger partial charge in [0.2, 0.25) is 0 Å². The van der Waals surface area contributed by atoms with Gasteiger partial charge in [-0.05, 0) is 19.1 Å². The number of pyridine rings is 1. The molecule has 0 radical (unpaired) electrons. The minimum absolute atomic E-state index is 0.309. The molecule has 5 heteroatoms. The molecular weight excluding hydrogens is 210 g/mol. The van der Waals surface area contributed by atoms with E-state index in [-0.39, 0.29) is 0 Å². The first-order valence-corrected chi connectivity index (χ1v) is 5.23. The first-order valence-electron chi connectivity index (χ1n) is 4.82. The molecule has 1 aromatic heterocycles. The molecule has 1 rings (SSSR count). The van der Waals surface area contributed by atoms with Crippen LogP contribution in [0.4, 0.5) is 5.82 Å². The Kier molecular flexibility index (Phi) is 5.00. The van der Waals surface area contributed by atoms with Gasteiger partial charge < -0.3 is 15.8 Å². The highest BCUT2D eigenvalue weighted by atomic mass is 32.1. The minimum atomic E-state index is 0.309. The normalized spacial score (nSPS) is 9.93. The summed E-state index contributed by atoms with van der Waals surface area (Å²) in [6.07, 6.45) is 0. The second kappa shape index (κ2) is 6.31. The topological polar surface area (TPSA) is 60.2 Å². The number of hydrogen-bond donors (Lipinski definition) is 2. The highest BCUT2D eigenvalue weighted by Gasteiger charge is 1.98. The van der Waals surface area contributed by atoms with Gasteiger partial charge in [0.15, 0.2) is 0 Å². The molecule has 0 saturated carbocycles. The number of nitrogens with two attached hydrogens (primary N) is 1. The Morgan fingerprint density at radius 3 is 3.07 bits per heavy atom. The third-order valence-electron chi connectivity index (χ3n) is 1.76. The van der Waals surface area contributed by atoms with Crippen molar-refractivity contribution in [3.8, 4) is 0 Å². The Morgan fingerprint density at radius 1 is 1.60 bits per heavy atom. The lowest BCUT2D eigenvalue weighted by molar-refractivity contribution is 0.158. The fourth-order valence-corrected chi connectivity index (χ4v) is 1.18. The van der Waals surface area contributed by atoms with Crippen LogP contribution < -0.4 is 11.1 Å². The number of nitrogens with one attached hydrogen (secondary N) is 1. The highest BCUT2D eigenvalue weighted by molar-refractivity contribution is 7.80. The Morgan fingerprint density at radius 2 is 2.40 bits per heavy atom. The molecule has 82 valence electrons. The quantitative estimate of drug-likeness (QED) is 0.562. The van der Waals surface area contributed by atoms with Crippen molar-refractivity contribution in [1.29, 1.82) is 0 Å². The smallest absolute Gasteiger partial charge is 0.126 e. The van der Waals surface area contributed by atoms with Crippen molar-refractivity contribution in [1.82, 2.24) is 4.98 Å². The van der Waals surface area contributed by atoms with Gasteiger partial charge in [-0.2, -0.15) is 0 Å². The average molecular weight is 225 g/mol. The predicted octanol–water partition coefficient (Wildman–Crippen LogP) is 1.16. The van der Waals surface area contributed by atoms with E-state index in [2.05, 4.69) is 10.3 Å². The summed E-state index contributed by atoms with van der Waals surface area (Å²) in [7, 11) is 0. The SMILES string of the molecule is CCOCCNc1cccc(C(N)=S)n1. The lowest BCUT2D eigenvalue weighted by Gasteiger charge is -2.06. The maximum absolute atomic E-state index is 5.48. The molecule has 4 nitrogen and oxygen atoms in total. The molecule has 0 bridgehead atoms. The molecule has 0 unspecified atom stereocenters. The standard InChI is InChI=1S/C10H15N3OS/c1-2-14-7-6-12-9-5-3-4-8(13-9)10(11)15/h3-5H,2,6-7H2,1H3,(H2,11,15)(H,12,13). The average Bonchev–Trinajstić information content (AvgIpc) is 2.25. The fraction of sp³-hybridized carbons (Fsp3) is 0.400. The Bertz CT molecular complexity index is 330. The summed E-state index contributed by atoms with van der Waals surface area (Å²) in [6, 6.07) is 5.52. The molecule has 0 atom stereocenters. The number of thiocarbonyl (C=S) groups is 1. The van der Waals surface area contributed by atoms with Crippen LogP contribution in [0.3, 0.4) is 0 Å². The molecule has 1 heterocycles. The maximum Gasteiger partial charge on any atom is 0.126 e. The van der Waals surface area contributed by atoms with Crippen LogP contribution in [0.5, 0.6) is 0 Å². The third kappa shape index (κ3) is 4.22. The van der Waals surface area contributed by atoms with E-state index < -0.39 is 0 Å². The number of aromatic nitrogens is 1. The molecule has 3 N–H and O–H groups in total. The minimum Gasteiger partial charge on any atom is -0.388 e. The molecule has 0 aromatic carbocycles. The monoisotopic (exact) mass is 225 g/mol. The Labute approximate surface area is 94.8 Å². The molecule has 0 aliphatic carbocycles. The molecular formula is C10H15N3OS. The van der Waals surface area contributed by atoms with Gasteiger partial charge in [-0.15, -0.1) is 0 Å². The van der Waals surface area contributed by atoms with E-state index >= 15 is 0 Å². The van der Waals surface area contributed by atoms with Crippen LogP contribution in [0.15, 0.2) is 18.2 Å². The summed E-state index contributed by atoms with van der Waals surface area (Å²) in [5.41, 5.74) is 6.11. The van der Waals surface area contributed by atoms with Gasteiger partial charge in [-0.25, -0.2) is 4.98 Å². The van der Waals surface area contributed by atoms with Gasteiger partial charge in [-0.3, -0.25) is 0 Å². The van der Waals surface area contributed by atoms with Crippen LogP contribution in [0, 0.1) is 0 Å². The Balaban J connectivity index is 2.47. The number of nitrogens with zero attached hydrogens (tertiary/aromatic N) is 1. The molecule has 0 amide bonds. The molecule has 15 heavy (non-hydrogen) atoms. The lowest BCUT2D eigenvalue weighted by Crippen LogP contribution is -2.14. The molecule has 0 fully saturated rings. The van der Waals surface area contributed by atoms with E-state index in [1.807, 2.05) is 19.1 Å². The van der Waals surface area contributed by atoms with Gasteiger partial charge in [0.1, 0.15) is 10.8 Å². The van der Waals surface area contributed by atoms with Gasteiger partial charge in [0.25, 0.3) is 0 Å². The van der Waals surface area contributed by atoms with Crippen molar-refractivity contribution >= 4 is 23.0 Å². The zero-order valence-corrected chi connectivity index (χ0v) is 9.51. The van der Waals surface area contributed by atoms with E-state index in [4.69, 9.17) is 22.7 Å². The first-order chi connectivity index (χ1) is 7.24. The predicted molar refractivity (Wildman–Crippen MR) is 65.1 cm³/mol. The highest BCUT2D eigenvalue weighted by Crippen LogP contribution is 2.04. The summed E-state index contributed by atoms with van der Waals surface area (Å²) in [5, 5.41) is 3.12. The molecule has 0 aliphatic heterocycles. The van der Waals surface area contributed by atoms with E-state index in [0.717, 1.165) is 19.0 Å². The van der Waals surface area contributed by atoms with Crippen LogP contribution in [0.2, 0.25) is 0 Å². The van der Waals surface area contributed by atoms with Crippen molar-refractivity contribution in [3.05, 3.63) is 23.9 Å². The van der Waals surface area contributed by atoms with E-state index in [0.29, 0.717) is 17.3 Å². The summed E-state index contributed by atoms with van der Waals surface area (Å²) in [6.45, 7) is 4.07. The summed E-state index contributed by atoms with van der Waals surface area (Å²) in [4.78, 5) is 4.55. The van der Waals surface area contributed by atoms with Crippen molar-refractivity contribution in [2.24, 2.45) is 5.73 Å². The van der Waals surface area contributed by atoms with Crippen molar-refractivity contribution in [3.63, 3.8) is 0 Å². The number of ether oxygens (including phenoxy) is 1. The Hall–Kier alpha value is -1.20. The van der Waals surface area contributed by atoms with E-state index in [1.165, 1.54) is 0 Å². The third-order valence-corrected chi connectivity index (χ3v) is 1.97. The fourth-order valence-electron chi connectivity index (χ4n) is 1.07. The lowest BCUT2D eigenvalue weighted by atomic mass is 10.3. The maximum atomic E-state index is 5.48. The van der Waals surface area contributed by atoms with Crippen molar-refractivity contribution in [2.75, 3.05) is 25.1 Å². The number of rotatable bonds is 6. The number of anilines is 1.